The van der Waals surface area contributed by atoms with Crippen molar-refractivity contribution in [2.24, 2.45) is 5.16 Å². The number of hydrogen-bond donors (Lipinski definition) is 0. The first-order valence-electron chi connectivity index (χ1n) is 6.43. The van der Waals surface area contributed by atoms with Crippen LogP contribution in [-0.4, -0.2) is 34.1 Å². The number of esters is 1. The molecule has 0 bridgehead atoms. The third-order valence-electron chi connectivity index (χ3n) is 2.82. The lowest BCUT2D eigenvalue weighted by molar-refractivity contribution is -0.134. The molecule has 0 saturated carbocycles. The van der Waals surface area contributed by atoms with Gasteiger partial charge in [-0.1, -0.05) is 37.3 Å². The van der Waals surface area contributed by atoms with E-state index in [4.69, 9.17) is 4.74 Å². The van der Waals surface area contributed by atoms with Crippen LogP contribution in [0.15, 0.2) is 5.16 Å². The fourth-order valence-corrected chi connectivity index (χ4v) is 2.70. The highest BCUT2D eigenvalue weighted by Gasteiger charge is 2.22. The van der Waals surface area contributed by atoms with Crippen LogP contribution in [-0.2, 0) is 26.2 Å². The average molecular weight is 310 g/mol. The van der Waals surface area contributed by atoms with Gasteiger partial charge in [0.2, 0.25) is 11.4 Å². The van der Waals surface area contributed by atoms with E-state index in [1.54, 1.807) is 4.52 Å². The summed E-state index contributed by atoms with van der Waals surface area (Å²) in [5.41, 5.74) is 0.798. The van der Waals surface area contributed by atoms with E-state index in [9.17, 15) is 4.79 Å². The fourth-order valence-electron chi connectivity index (χ4n) is 1.66. The van der Waals surface area contributed by atoms with Crippen molar-refractivity contribution in [2.75, 3.05) is 7.11 Å². The van der Waals surface area contributed by atoms with Crippen molar-refractivity contribution < 1.29 is 14.4 Å². The molecule has 0 saturated heterocycles. The van der Waals surface area contributed by atoms with Crippen molar-refractivity contribution in [3.63, 3.8) is 0 Å². The number of rotatable bonds is 4. The molecule has 0 atom stereocenters. The van der Waals surface area contributed by atoms with E-state index in [2.05, 4.69) is 40.8 Å². The van der Waals surface area contributed by atoms with Gasteiger partial charge >= 0.3 is 5.97 Å². The molecule has 2 aromatic heterocycles. The molecule has 0 aliphatic carbocycles. The lowest BCUT2D eigenvalue weighted by Crippen LogP contribution is -2.14. The van der Waals surface area contributed by atoms with Crippen LogP contribution in [0, 0.1) is 6.92 Å². The minimum Gasteiger partial charge on any atom is -0.411 e. The third kappa shape index (κ3) is 3.38. The van der Waals surface area contributed by atoms with Crippen molar-refractivity contribution >= 4 is 28.7 Å². The zero-order valence-electron chi connectivity index (χ0n) is 12.7. The zero-order chi connectivity index (χ0) is 15.6. The van der Waals surface area contributed by atoms with Gasteiger partial charge in [-0.2, -0.15) is 0 Å². The van der Waals surface area contributed by atoms with E-state index in [0.29, 0.717) is 0 Å². The predicted octanol–water partition coefficient (Wildman–Crippen LogP) is 2.07. The van der Waals surface area contributed by atoms with Crippen LogP contribution in [0.5, 0.6) is 0 Å². The molecule has 0 aliphatic rings. The summed E-state index contributed by atoms with van der Waals surface area (Å²) >= 11 is 1.44. The van der Waals surface area contributed by atoms with Gasteiger partial charge in [-0.25, -0.2) is 9.50 Å². The standard InChI is InChI=1S/C13H18N4O3S/c1-8-9(6-10(18)20-7-14-19-5)21-12-15-11(13(2,3)4)16-17(8)12/h7H,6H2,1-5H3. The van der Waals surface area contributed by atoms with Crippen LogP contribution >= 0.6 is 11.3 Å². The third-order valence-corrected chi connectivity index (χ3v) is 3.95. The molecule has 0 spiro atoms. The quantitative estimate of drug-likeness (QED) is 0.374. The Labute approximate surface area is 126 Å². The highest BCUT2D eigenvalue weighted by Crippen LogP contribution is 2.26. The number of ether oxygens (including phenoxy) is 1. The molecule has 0 radical (unpaired) electrons. The van der Waals surface area contributed by atoms with Gasteiger partial charge in [0, 0.05) is 10.3 Å². The molecule has 0 N–H and O–H groups in total. The molecule has 2 rings (SSSR count). The van der Waals surface area contributed by atoms with Crippen molar-refractivity contribution in [1.82, 2.24) is 14.6 Å². The van der Waals surface area contributed by atoms with E-state index in [1.807, 2.05) is 6.92 Å². The lowest BCUT2D eigenvalue weighted by Gasteiger charge is -2.12. The van der Waals surface area contributed by atoms with Gasteiger partial charge in [-0.3, -0.25) is 4.79 Å². The monoisotopic (exact) mass is 310 g/mol. The second-order valence-electron chi connectivity index (χ2n) is 5.55. The van der Waals surface area contributed by atoms with Gasteiger partial charge < -0.3 is 9.57 Å². The molecule has 0 fully saturated rings. The van der Waals surface area contributed by atoms with E-state index in [-0.39, 0.29) is 11.8 Å². The maximum absolute atomic E-state index is 11.7. The Morgan fingerprint density at radius 1 is 1.48 bits per heavy atom. The van der Waals surface area contributed by atoms with Gasteiger partial charge in [-0.15, -0.1) is 5.10 Å². The Morgan fingerprint density at radius 2 is 2.19 bits per heavy atom. The molecule has 0 amide bonds. The number of carbonyl (C=O) groups is 1. The number of aromatic nitrogens is 3. The van der Waals surface area contributed by atoms with Gasteiger partial charge in [-0.05, 0) is 6.92 Å². The highest BCUT2D eigenvalue weighted by atomic mass is 32.1. The van der Waals surface area contributed by atoms with Crippen molar-refractivity contribution in [2.45, 2.75) is 39.5 Å². The molecule has 7 nitrogen and oxygen atoms in total. The topological polar surface area (TPSA) is 78.1 Å². The highest BCUT2D eigenvalue weighted by molar-refractivity contribution is 7.17. The van der Waals surface area contributed by atoms with E-state index < -0.39 is 5.97 Å². The number of thiazole rings is 1. The molecule has 8 heteroatoms. The molecule has 2 aromatic rings. The second-order valence-corrected chi connectivity index (χ2v) is 6.61. The summed E-state index contributed by atoms with van der Waals surface area (Å²) < 4.78 is 6.57. The summed E-state index contributed by atoms with van der Waals surface area (Å²) in [6.07, 6.45) is 1.13. The Bertz CT molecular complexity index is 681. The maximum atomic E-state index is 11.7. The van der Waals surface area contributed by atoms with Crippen LogP contribution in [0.1, 0.15) is 37.2 Å². The molecule has 21 heavy (non-hydrogen) atoms. The van der Waals surface area contributed by atoms with Crippen molar-refractivity contribution in [1.29, 1.82) is 0 Å². The molecular formula is C13H18N4O3S. The first-order valence-corrected chi connectivity index (χ1v) is 7.24. The number of aryl methyl sites for hydroxylation is 1. The van der Waals surface area contributed by atoms with E-state index in [1.165, 1.54) is 18.4 Å². The normalized spacial score (nSPS) is 12.2. The second kappa shape index (κ2) is 5.80. The van der Waals surface area contributed by atoms with Crippen molar-refractivity contribution in [3.05, 3.63) is 16.4 Å². The Hall–Kier alpha value is -1.96. The first kappa shape index (κ1) is 15.4. The number of oxime groups is 1. The molecule has 0 aromatic carbocycles. The zero-order valence-corrected chi connectivity index (χ0v) is 13.5. The summed E-state index contributed by atoms with van der Waals surface area (Å²) in [5.74, 6) is 0.387. The first-order chi connectivity index (χ1) is 9.82. The van der Waals surface area contributed by atoms with Gasteiger partial charge in [0.25, 0.3) is 0 Å². The van der Waals surface area contributed by atoms with Crippen LogP contribution < -0.4 is 0 Å². The summed E-state index contributed by atoms with van der Waals surface area (Å²) in [6.45, 7) is 8.11. The van der Waals surface area contributed by atoms with E-state index >= 15 is 0 Å². The van der Waals surface area contributed by atoms with Crippen molar-refractivity contribution in [3.8, 4) is 0 Å². The number of hydrogen-bond acceptors (Lipinski definition) is 7. The molecule has 0 unspecified atom stereocenters. The summed E-state index contributed by atoms with van der Waals surface area (Å²) in [6, 6.07) is 0. The largest absolute Gasteiger partial charge is 0.411 e. The smallest absolute Gasteiger partial charge is 0.317 e. The SMILES string of the molecule is CON=COC(=O)Cc1sc2nc(C(C)(C)C)nn2c1C. The van der Waals surface area contributed by atoms with Gasteiger partial charge in [0.05, 0.1) is 12.1 Å². The molecular weight excluding hydrogens is 292 g/mol. The number of fused-ring (bicyclic) bond motifs is 1. The Morgan fingerprint density at radius 3 is 2.76 bits per heavy atom. The predicted molar refractivity (Wildman–Crippen MR) is 79.6 cm³/mol. The summed E-state index contributed by atoms with van der Waals surface area (Å²) in [4.78, 5) is 22.2. The molecule has 0 aliphatic heterocycles. The lowest BCUT2D eigenvalue weighted by atomic mass is 9.96. The molecule has 2 heterocycles. The number of nitrogens with zero attached hydrogens (tertiary/aromatic N) is 4. The van der Waals surface area contributed by atoms with Gasteiger partial charge in [0.1, 0.15) is 7.11 Å². The fraction of sp³-hybridized carbons (Fsp3) is 0.538. The number of carbonyl (C=O) groups excluding carboxylic acids is 1. The van der Waals surface area contributed by atoms with Crippen LogP contribution in [0.2, 0.25) is 0 Å². The Balaban J connectivity index is 2.19. The Kier molecular flexibility index (Phi) is 4.26. The minimum atomic E-state index is -0.403. The minimum absolute atomic E-state index is 0.103. The van der Waals surface area contributed by atoms with E-state index in [0.717, 1.165) is 27.8 Å². The average Bonchev–Trinajstić information content (AvgIpc) is 2.91. The molecule has 114 valence electrons. The summed E-state index contributed by atoms with van der Waals surface area (Å²) in [5, 5.41) is 7.86. The van der Waals surface area contributed by atoms with Crippen LogP contribution in [0.3, 0.4) is 0 Å². The summed E-state index contributed by atoms with van der Waals surface area (Å²) in [7, 11) is 1.38. The maximum Gasteiger partial charge on any atom is 0.317 e. The van der Waals surface area contributed by atoms with Crippen LogP contribution in [0.25, 0.3) is 4.96 Å². The van der Waals surface area contributed by atoms with Gasteiger partial charge in [0.15, 0.2) is 5.82 Å². The van der Waals surface area contributed by atoms with Crippen LogP contribution in [0.4, 0.5) is 0 Å².